The second kappa shape index (κ2) is 3.95. The van der Waals surface area contributed by atoms with Crippen molar-refractivity contribution in [1.82, 2.24) is 14.5 Å². The first-order valence-corrected chi connectivity index (χ1v) is 6.01. The number of amides is 1. The van der Waals surface area contributed by atoms with Crippen LogP contribution in [0.15, 0.2) is 11.4 Å². The molecule has 0 saturated heterocycles. The fourth-order valence-electron chi connectivity index (χ4n) is 1.49. The molecule has 0 aromatic carbocycles. The first-order chi connectivity index (χ1) is 7.54. The molecule has 7 heteroatoms. The molecule has 0 aliphatic rings. The Balaban J connectivity index is 2.85. The highest BCUT2D eigenvalue weighted by Crippen LogP contribution is 2.27. The van der Waals surface area contributed by atoms with Gasteiger partial charge in [0.1, 0.15) is 10.8 Å². The number of carbonyl (C=O) groups excluding carboxylic acids is 1. The third-order valence-electron chi connectivity index (χ3n) is 2.20. The van der Waals surface area contributed by atoms with Gasteiger partial charge in [-0.25, -0.2) is 9.97 Å². The minimum atomic E-state index is -0.534. The van der Waals surface area contributed by atoms with Crippen molar-refractivity contribution in [2.45, 2.75) is 5.16 Å². The van der Waals surface area contributed by atoms with Crippen molar-refractivity contribution in [2.75, 3.05) is 6.26 Å². The molecule has 0 unspecified atom stereocenters. The zero-order valence-corrected chi connectivity index (χ0v) is 10.3. The monoisotopic (exact) mass is 256 g/mol. The second-order valence-corrected chi connectivity index (χ2v) is 4.35. The number of fused-ring (bicyclic) bond motifs is 1. The summed E-state index contributed by atoms with van der Waals surface area (Å²) < 4.78 is 1.71. The predicted molar refractivity (Wildman–Crippen MR) is 63.8 cm³/mol. The first kappa shape index (κ1) is 11.2. The maximum Gasteiger partial charge on any atom is 0.251 e. The fourth-order valence-corrected chi connectivity index (χ4v) is 2.16. The third-order valence-corrected chi connectivity index (χ3v) is 3.02. The van der Waals surface area contributed by atoms with Gasteiger partial charge in [0.05, 0.1) is 10.9 Å². The van der Waals surface area contributed by atoms with E-state index in [-0.39, 0.29) is 5.15 Å². The van der Waals surface area contributed by atoms with E-state index in [4.69, 9.17) is 17.3 Å². The van der Waals surface area contributed by atoms with Gasteiger partial charge < -0.3 is 10.3 Å². The van der Waals surface area contributed by atoms with Crippen LogP contribution >= 0.6 is 23.4 Å². The molecular formula is C9H9ClN4OS. The van der Waals surface area contributed by atoms with Crippen LogP contribution in [-0.2, 0) is 7.05 Å². The number of carbonyl (C=O) groups is 1. The van der Waals surface area contributed by atoms with Crippen LogP contribution in [0.5, 0.6) is 0 Å². The summed E-state index contributed by atoms with van der Waals surface area (Å²) in [6.07, 6.45) is 3.47. The zero-order chi connectivity index (χ0) is 11.9. The minimum absolute atomic E-state index is 0.253. The molecule has 2 heterocycles. The van der Waals surface area contributed by atoms with Crippen molar-refractivity contribution in [1.29, 1.82) is 0 Å². The van der Waals surface area contributed by atoms with Gasteiger partial charge >= 0.3 is 0 Å². The van der Waals surface area contributed by atoms with Gasteiger partial charge in [-0.3, -0.25) is 4.79 Å². The molecule has 16 heavy (non-hydrogen) atoms. The number of aromatic nitrogens is 3. The summed E-state index contributed by atoms with van der Waals surface area (Å²) in [6, 6.07) is 0. The number of halogens is 1. The number of rotatable bonds is 2. The Bertz CT molecular complexity index is 580. The van der Waals surface area contributed by atoms with Gasteiger partial charge in [-0.15, -0.1) is 0 Å². The summed E-state index contributed by atoms with van der Waals surface area (Å²) in [6.45, 7) is 0. The average Bonchev–Trinajstić information content (AvgIpc) is 2.57. The summed E-state index contributed by atoms with van der Waals surface area (Å²) in [4.78, 5) is 19.6. The minimum Gasteiger partial charge on any atom is -0.366 e. The van der Waals surface area contributed by atoms with Crippen LogP contribution in [0, 0.1) is 0 Å². The zero-order valence-electron chi connectivity index (χ0n) is 8.69. The number of thioether (sulfide) groups is 1. The van der Waals surface area contributed by atoms with E-state index < -0.39 is 5.91 Å². The summed E-state index contributed by atoms with van der Waals surface area (Å²) in [5.74, 6) is -0.534. The van der Waals surface area contributed by atoms with Gasteiger partial charge in [-0.2, -0.15) is 0 Å². The second-order valence-electron chi connectivity index (χ2n) is 3.22. The molecule has 0 bridgehead atoms. The average molecular weight is 257 g/mol. The van der Waals surface area contributed by atoms with Crippen molar-refractivity contribution in [2.24, 2.45) is 12.8 Å². The first-order valence-electron chi connectivity index (χ1n) is 4.41. The Morgan fingerprint density at radius 1 is 1.56 bits per heavy atom. The van der Waals surface area contributed by atoms with Crippen LogP contribution in [0.4, 0.5) is 0 Å². The molecule has 0 aliphatic carbocycles. The Morgan fingerprint density at radius 3 is 2.81 bits per heavy atom. The van der Waals surface area contributed by atoms with E-state index in [0.29, 0.717) is 21.8 Å². The van der Waals surface area contributed by atoms with Crippen molar-refractivity contribution in [3.05, 3.63) is 16.9 Å². The Hall–Kier alpha value is -1.27. The number of nitrogens with zero attached hydrogens (tertiary/aromatic N) is 3. The van der Waals surface area contributed by atoms with Crippen molar-refractivity contribution in [3.63, 3.8) is 0 Å². The lowest BCUT2D eigenvalue weighted by atomic mass is 10.2. The molecule has 2 N–H and O–H groups in total. The summed E-state index contributed by atoms with van der Waals surface area (Å²) >= 11 is 7.41. The maximum absolute atomic E-state index is 11.2. The molecule has 2 rings (SSSR count). The normalized spacial score (nSPS) is 10.9. The molecule has 0 atom stereocenters. The number of primary amides is 1. The van der Waals surface area contributed by atoms with Crippen LogP contribution < -0.4 is 5.73 Å². The number of hydrogen-bond acceptors (Lipinski definition) is 4. The predicted octanol–water partition coefficient (Wildman–Crippen LogP) is 1.44. The maximum atomic E-state index is 11.2. The Kier molecular flexibility index (Phi) is 2.77. The van der Waals surface area contributed by atoms with E-state index in [0.717, 1.165) is 0 Å². The molecular weight excluding hydrogens is 248 g/mol. The van der Waals surface area contributed by atoms with Gasteiger partial charge in [0.25, 0.3) is 5.91 Å². The third kappa shape index (κ3) is 1.64. The van der Waals surface area contributed by atoms with Crippen LogP contribution in [-0.4, -0.2) is 26.7 Å². The number of nitrogens with two attached hydrogens (primary N) is 1. The lowest BCUT2D eigenvalue weighted by Gasteiger charge is -2.00. The van der Waals surface area contributed by atoms with Crippen molar-refractivity contribution >= 4 is 40.3 Å². The molecule has 0 radical (unpaired) electrons. The van der Waals surface area contributed by atoms with Gasteiger partial charge in [0.2, 0.25) is 0 Å². The number of hydrogen-bond donors (Lipinski definition) is 1. The van der Waals surface area contributed by atoms with Crippen molar-refractivity contribution < 1.29 is 4.79 Å². The summed E-state index contributed by atoms with van der Waals surface area (Å²) in [7, 11) is 1.78. The molecule has 0 saturated carbocycles. The summed E-state index contributed by atoms with van der Waals surface area (Å²) in [5, 5.41) is 1.33. The van der Waals surface area contributed by atoms with Crippen molar-refractivity contribution in [3.8, 4) is 0 Å². The molecule has 5 nitrogen and oxygen atoms in total. The van der Waals surface area contributed by atoms with Gasteiger partial charge in [0.15, 0.2) is 5.16 Å². The van der Waals surface area contributed by atoms with Crippen LogP contribution in [0.1, 0.15) is 10.4 Å². The highest BCUT2D eigenvalue weighted by Gasteiger charge is 2.17. The van der Waals surface area contributed by atoms with Crippen LogP contribution in [0.25, 0.3) is 11.0 Å². The quantitative estimate of drug-likeness (QED) is 0.501. The molecule has 2 aromatic rings. The Morgan fingerprint density at radius 2 is 2.25 bits per heavy atom. The SMILES string of the molecule is CSc1nc(Cl)c2c(C(N)=O)cn(C)c2n1. The van der Waals surface area contributed by atoms with E-state index in [1.807, 2.05) is 6.26 Å². The van der Waals surface area contributed by atoms with Crippen LogP contribution in [0.3, 0.4) is 0 Å². The highest BCUT2D eigenvalue weighted by molar-refractivity contribution is 7.98. The van der Waals surface area contributed by atoms with Gasteiger partial charge in [0, 0.05) is 13.2 Å². The lowest BCUT2D eigenvalue weighted by molar-refractivity contribution is 0.100. The highest BCUT2D eigenvalue weighted by atomic mass is 35.5. The molecule has 1 amide bonds. The van der Waals surface area contributed by atoms with E-state index in [1.165, 1.54) is 11.8 Å². The topological polar surface area (TPSA) is 73.8 Å². The fraction of sp³-hybridized carbons (Fsp3) is 0.222. The standard InChI is InChI=1S/C9H9ClN4OS/c1-14-3-4(7(11)15)5-6(10)12-9(16-2)13-8(5)14/h3H,1-2H3,(H2,11,15). The van der Waals surface area contributed by atoms with E-state index in [1.54, 1.807) is 17.8 Å². The molecule has 0 aliphatic heterocycles. The smallest absolute Gasteiger partial charge is 0.251 e. The van der Waals surface area contributed by atoms with Gasteiger partial charge in [-0.1, -0.05) is 23.4 Å². The van der Waals surface area contributed by atoms with E-state index >= 15 is 0 Å². The van der Waals surface area contributed by atoms with Crippen LogP contribution in [0.2, 0.25) is 5.15 Å². The van der Waals surface area contributed by atoms with E-state index in [2.05, 4.69) is 9.97 Å². The van der Waals surface area contributed by atoms with E-state index in [9.17, 15) is 4.79 Å². The molecule has 2 aromatic heterocycles. The molecule has 0 fully saturated rings. The largest absolute Gasteiger partial charge is 0.366 e. The lowest BCUT2D eigenvalue weighted by Crippen LogP contribution is -2.10. The van der Waals surface area contributed by atoms with Gasteiger partial charge in [-0.05, 0) is 6.26 Å². The number of aryl methyl sites for hydroxylation is 1. The Labute approximate surface area is 101 Å². The molecule has 84 valence electrons. The molecule has 0 spiro atoms. The summed E-state index contributed by atoms with van der Waals surface area (Å²) in [5.41, 5.74) is 6.21.